The molecule has 22 heavy (non-hydrogen) atoms. The number of alkyl halides is 3. The minimum absolute atomic E-state index is 0.0294. The number of anilines is 1. The lowest BCUT2D eigenvalue weighted by molar-refractivity contribution is -0.141. The number of halogens is 4. The highest BCUT2D eigenvalue weighted by Crippen LogP contribution is 2.42. The van der Waals surface area contributed by atoms with Crippen molar-refractivity contribution in [3.8, 4) is 0 Å². The average Bonchev–Trinajstić information content (AvgIpc) is 3.04. The summed E-state index contributed by atoms with van der Waals surface area (Å²) >= 11 is 3.90. The molecule has 0 aliphatic carbocycles. The molecule has 0 radical (unpaired) electrons. The van der Waals surface area contributed by atoms with Crippen molar-refractivity contribution >= 4 is 32.4 Å². The predicted octanol–water partition coefficient (Wildman–Crippen LogP) is 2.63. The first-order valence-electron chi connectivity index (χ1n) is 6.29. The van der Waals surface area contributed by atoms with Gasteiger partial charge in [0.1, 0.15) is 16.2 Å². The molecule has 3 rings (SSSR count). The molecule has 3 heterocycles. The fourth-order valence-electron chi connectivity index (χ4n) is 2.24. The number of hydrogen-bond donors (Lipinski definition) is 0. The summed E-state index contributed by atoms with van der Waals surface area (Å²) in [5.74, 6) is 0.625. The van der Waals surface area contributed by atoms with Crippen LogP contribution in [0.1, 0.15) is 17.6 Å². The standard InChI is InChI=1S/C11H11BrF3N5OS/c1-19-9(16-5-17-19)6-4-21-3-2-20(6)10-18-7(8(12)22-10)11(13,14)15/h5-6H,2-4H2,1H3. The Morgan fingerprint density at radius 2 is 2.23 bits per heavy atom. The molecule has 6 nitrogen and oxygen atoms in total. The van der Waals surface area contributed by atoms with Gasteiger partial charge in [0.05, 0.1) is 13.2 Å². The van der Waals surface area contributed by atoms with Crippen molar-refractivity contribution in [1.29, 1.82) is 0 Å². The van der Waals surface area contributed by atoms with Crippen molar-refractivity contribution in [3.63, 3.8) is 0 Å². The zero-order chi connectivity index (χ0) is 15.9. The largest absolute Gasteiger partial charge is 0.435 e. The molecular formula is C11H11BrF3N5OS. The Morgan fingerprint density at radius 3 is 2.82 bits per heavy atom. The van der Waals surface area contributed by atoms with Crippen LogP contribution in [0.15, 0.2) is 10.1 Å². The summed E-state index contributed by atoms with van der Waals surface area (Å²) in [4.78, 5) is 9.70. The van der Waals surface area contributed by atoms with Gasteiger partial charge in [-0.05, 0) is 15.9 Å². The smallest absolute Gasteiger partial charge is 0.377 e. The lowest BCUT2D eigenvalue weighted by Crippen LogP contribution is -2.40. The van der Waals surface area contributed by atoms with Gasteiger partial charge in [-0.1, -0.05) is 11.3 Å². The highest BCUT2D eigenvalue weighted by molar-refractivity contribution is 9.11. The third kappa shape index (κ3) is 2.84. The van der Waals surface area contributed by atoms with Gasteiger partial charge in [-0.25, -0.2) is 9.97 Å². The summed E-state index contributed by atoms with van der Waals surface area (Å²) in [6.45, 7) is 1.19. The lowest BCUT2D eigenvalue weighted by Gasteiger charge is -2.34. The minimum atomic E-state index is -4.49. The first-order valence-corrected chi connectivity index (χ1v) is 7.90. The maximum absolute atomic E-state index is 12.9. The van der Waals surface area contributed by atoms with E-state index in [2.05, 4.69) is 31.0 Å². The average molecular weight is 398 g/mol. The molecule has 1 atom stereocenters. The molecule has 2 aromatic heterocycles. The van der Waals surface area contributed by atoms with Gasteiger partial charge in [0.25, 0.3) is 0 Å². The second-order valence-corrected chi connectivity index (χ2v) is 6.94. The van der Waals surface area contributed by atoms with Crippen LogP contribution in [0.4, 0.5) is 18.3 Å². The van der Waals surface area contributed by atoms with E-state index in [9.17, 15) is 13.2 Å². The normalized spacial score (nSPS) is 19.7. The van der Waals surface area contributed by atoms with Crippen LogP contribution >= 0.6 is 27.3 Å². The summed E-state index contributed by atoms with van der Waals surface area (Å²) in [5, 5.41) is 4.29. The van der Waals surface area contributed by atoms with Gasteiger partial charge < -0.3 is 9.64 Å². The van der Waals surface area contributed by atoms with E-state index in [0.717, 1.165) is 11.3 Å². The highest BCUT2D eigenvalue weighted by Gasteiger charge is 2.39. The number of ether oxygens (including phenoxy) is 1. The van der Waals surface area contributed by atoms with Crippen LogP contribution in [0.5, 0.6) is 0 Å². The first kappa shape index (κ1) is 15.7. The van der Waals surface area contributed by atoms with Gasteiger partial charge in [0, 0.05) is 13.6 Å². The van der Waals surface area contributed by atoms with Crippen LogP contribution in [0.25, 0.3) is 0 Å². The van der Waals surface area contributed by atoms with Gasteiger partial charge in [0.2, 0.25) is 0 Å². The van der Waals surface area contributed by atoms with E-state index in [1.54, 1.807) is 16.6 Å². The van der Waals surface area contributed by atoms with E-state index < -0.39 is 11.9 Å². The van der Waals surface area contributed by atoms with Gasteiger partial charge in [0.15, 0.2) is 16.6 Å². The molecule has 0 N–H and O–H groups in total. The first-order chi connectivity index (χ1) is 10.4. The number of aryl methyl sites for hydroxylation is 1. The van der Waals surface area contributed by atoms with Gasteiger partial charge >= 0.3 is 6.18 Å². The monoisotopic (exact) mass is 397 g/mol. The van der Waals surface area contributed by atoms with E-state index in [1.165, 1.54) is 6.33 Å². The second kappa shape index (κ2) is 5.78. The molecule has 11 heteroatoms. The molecule has 0 aromatic carbocycles. The number of aromatic nitrogens is 4. The number of hydrogen-bond acceptors (Lipinski definition) is 6. The second-order valence-electron chi connectivity index (χ2n) is 4.64. The fourth-order valence-corrected chi connectivity index (χ4v) is 3.88. The summed E-state index contributed by atoms with van der Waals surface area (Å²) in [6.07, 6.45) is -3.08. The molecule has 1 aliphatic heterocycles. The topological polar surface area (TPSA) is 56.1 Å². The zero-order valence-electron chi connectivity index (χ0n) is 11.3. The Morgan fingerprint density at radius 1 is 1.45 bits per heavy atom. The van der Waals surface area contributed by atoms with Crippen LogP contribution < -0.4 is 4.90 Å². The van der Waals surface area contributed by atoms with Crippen LogP contribution in [-0.4, -0.2) is 39.5 Å². The molecule has 1 aliphatic rings. The van der Waals surface area contributed by atoms with Gasteiger partial charge in [-0.3, -0.25) is 4.68 Å². The summed E-state index contributed by atoms with van der Waals surface area (Å²) in [5.41, 5.74) is -0.907. The Labute approximate surface area is 136 Å². The van der Waals surface area contributed by atoms with Crippen molar-refractivity contribution in [1.82, 2.24) is 19.7 Å². The van der Waals surface area contributed by atoms with Crippen LogP contribution in [0.2, 0.25) is 0 Å². The fraction of sp³-hybridized carbons (Fsp3) is 0.545. The molecule has 2 aromatic rings. The zero-order valence-corrected chi connectivity index (χ0v) is 13.7. The molecule has 0 saturated carbocycles. The molecule has 1 saturated heterocycles. The quantitative estimate of drug-likeness (QED) is 0.779. The van der Waals surface area contributed by atoms with E-state index >= 15 is 0 Å². The number of thiazole rings is 1. The Balaban J connectivity index is 1.96. The van der Waals surface area contributed by atoms with Crippen molar-refractivity contribution in [2.45, 2.75) is 12.2 Å². The third-order valence-electron chi connectivity index (χ3n) is 3.26. The van der Waals surface area contributed by atoms with Crippen LogP contribution in [0.3, 0.4) is 0 Å². The molecule has 0 bridgehead atoms. The molecule has 1 unspecified atom stereocenters. The third-order valence-corrected chi connectivity index (χ3v) is 5.00. The van der Waals surface area contributed by atoms with E-state index in [-0.39, 0.29) is 15.0 Å². The minimum Gasteiger partial charge on any atom is -0.377 e. The predicted molar refractivity (Wildman–Crippen MR) is 76.7 cm³/mol. The lowest BCUT2D eigenvalue weighted by atomic mass is 10.2. The Kier molecular flexibility index (Phi) is 4.12. The molecule has 0 amide bonds. The van der Waals surface area contributed by atoms with Crippen molar-refractivity contribution < 1.29 is 17.9 Å². The Hall–Kier alpha value is -1.20. The van der Waals surface area contributed by atoms with Gasteiger partial charge in [-0.15, -0.1) is 0 Å². The van der Waals surface area contributed by atoms with E-state index in [1.807, 2.05) is 0 Å². The Bertz CT molecular complexity index is 673. The highest BCUT2D eigenvalue weighted by atomic mass is 79.9. The van der Waals surface area contributed by atoms with E-state index in [4.69, 9.17) is 4.74 Å². The number of rotatable bonds is 2. The maximum Gasteiger partial charge on any atom is 0.435 e. The van der Waals surface area contributed by atoms with Crippen LogP contribution in [-0.2, 0) is 18.0 Å². The summed E-state index contributed by atoms with van der Waals surface area (Å²) in [7, 11) is 1.73. The van der Waals surface area contributed by atoms with Crippen LogP contribution in [0, 0.1) is 0 Å². The number of morpholine rings is 1. The van der Waals surface area contributed by atoms with Crippen molar-refractivity contribution in [2.24, 2.45) is 7.05 Å². The SMILES string of the molecule is Cn1ncnc1C1COCCN1c1nc(C(F)(F)F)c(Br)s1. The molecule has 1 fully saturated rings. The van der Waals surface area contributed by atoms with E-state index in [0.29, 0.717) is 25.6 Å². The van der Waals surface area contributed by atoms with Crippen molar-refractivity contribution in [3.05, 3.63) is 21.6 Å². The maximum atomic E-state index is 12.9. The molecule has 0 spiro atoms. The molecular weight excluding hydrogens is 387 g/mol. The molecule has 120 valence electrons. The van der Waals surface area contributed by atoms with Gasteiger partial charge in [-0.2, -0.15) is 18.3 Å². The number of nitrogens with zero attached hydrogens (tertiary/aromatic N) is 5. The van der Waals surface area contributed by atoms with Crippen molar-refractivity contribution in [2.75, 3.05) is 24.7 Å². The summed E-state index contributed by atoms with van der Waals surface area (Å²) < 4.78 is 45.7. The summed E-state index contributed by atoms with van der Waals surface area (Å²) in [6, 6.07) is -0.319.